The van der Waals surface area contributed by atoms with Gasteiger partial charge in [0.15, 0.2) is 0 Å². The molecule has 0 aromatic rings. The van der Waals surface area contributed by atoms with E-state index in [-0.39, 0.29) is 30.4 Å². The van der Waals surface area contributed by atoms with E-state index in [1.165, 1.54) is 0 Å². The highest BCUT2D eigenvalue weighted by molar-refractivity contribution is 5.81. The van der Waals surface area contributed by atoms with E-state index in [4.69, 9.17) is 4.74 Å². The van der Waals surface area contributed by atoms with Crippen molar-refractivity contribution < 1.29 is 14.3 Å². The van der Waals surface area contributed by atoms with Crippen molar-refractivity contribution in [2.45, 2.75) is 40.2 Å². The lowest BCUT2D eigenvalue weighted by atomic mass is 10.1. The van der Waals surface area contributed by atoms with Crippen LogP contribution in [0.4, 0.5) is 0 Å². The van der Waals surface area contributed by atoms with Gasteiger partial charge in [-0.3, -0.25) is 9.59 Å². The molecule has 2 unspecified atom stereocenters. The van der Waals surface area contributed by atoms with Crippen LogP contribution in [0.5, 0.6) is 0 Å². The number of carbonyl (C=O) groups is 2. The Labute approximate surface area is 115 Å². The fraction of sp³-hybridized carbons (Fsp3) is 0.857. The molecule has 0 saturated heterocycles. The molecule has 0 bridgehead atoms. The average molecular weight is 270 g/mol. The summed E-state index contributed by atoms with van der Waals surface area (Å²) in [5.74, 6) is 1.26. The van der Waals surface area contributed by atoms with E-state index in [1.807, 2.05) is 13.8 Å². The van der Waals surface area contributed by atoms with Gasteiger partial charge in [0, 0.05) is 19.0 Å². The molecule has 0 radical (unpaired) electrons. The number of hydrogen-bond donors (Lipinski definition) is 2. The quantitative estimate of drug-likeness (QED) is 0.645. The molecule has 0 spiro atoms. The van der Waals surface area contributed by atoms with Crippen molar-refractivity contribution in [3.63, 3.8) is 0 Å². The Morgan fingerprint density at radius 3 is 2.32 bits per heavy atom. The molecule has 2 atom stereocenters. The Morgan fingerprint density at radius 2 is 1.79 bits per heavy atom. The molecule has 2 N–H and O–H groups in total. The molecule has 110 valence electrons. The van der Waals surface area contributed by atoms with E-state index in [1.54, 1.807) is 0 Å². The average Bonchev–Trinajstić information content (AvgIpc) is 3.12. The van der Waals surface area contributed by atoms with E-state index in [0.717, 1.165) is 6.42 Å². The highest BCUT2D eigenvalue weighted by Gasteiger charge is 2.44. The van der Waals surface area contributed by atoms with Crippen LogP contribution in [0.25, 0.3) is 0 Å². The maximum atomic E-state index is 11.7. The summed E-state index contributed by atoms with van der Waals surface area (Å²) in [6, 6.07) is 0. The van der Waals surface area contributed by atoms with E-state index < -0.39 is 0 Å². The van der Waals surface area contributed by atoms with Gasteiger partial charge in [-0.1, -0.05) is 13.8 Å². The molecule has 5 heteroatoms. The summed E-state index contributed by atoms with van der Waals surface area (Å²) in [4.78, 5) is 23.1. The van der Waals surface area contributed by atoms with E-state index in [0.29, 0.717) is 24.9 Å². The summed E-state index contributed by atoms with van der Waals surface area (Å²) < 4.78 is 5.17. The van der Waals surface area contributed by atoms with Crippen LogP contribution in [-0.2, 0) is 14.3 Å². The number of hydrogen-bond acceptors (Lipinski definition) is 3. The van der Waals surface area contributed by atoms with E-state index in [2.05, 4.69) is 24.5 Å². The molecule has 1 aliphatic rings. The predicted octanol–water partition coefficient (Wildman–Crippen LogP) is 0.936. The maximum absolute atomic E-state index is 11.7. The Kier molecular flexibility index (Phi) is 6.28. The van der Waals surface area contributed by atoms with Gasteiger partial charge < -0.3 is 15.4 Å². The van der Waals surface area contributed by atoms with E-state index in [9.17, 15) is 9.59 Å². The van der Waals surface area contributed by atoms with Gasteiger partial charge in [0.25, 0.3) is 0 Å². The third-order valence-corrected chi connectivity index (χ3v) is 3.33. The maximum Gasteiger partial charge on any atom is 0.246 e. The number of rotatable bonds is 8. The van der Waals surface area contributed by atoms with Crippen molar-refractivity contribution in [3.05, 3.63) is 0 Å². The van der Waals surface area contributed by atoms with Crippen LogP contribution in [0.1, 0.15) is 34.1 Å². The summed E-state index contributed by atoms with van der Waals surface area (Å²) in [6.45, 7) is 9.06. The minimum Gasteiger partial charge on any atom is -0.369 e. The van der Waals surface area contributed by atoms with Crippen LogP contribution in [-0.4, -0.2) is 37.6 Å². The van der Waals surface area contributed by atoms with E-state index >= 15 is 0 Å². The number of carbonyl (C=O) groups excluding carboxylic acids is 2. The van der Waals surface area contributed by atoms with Crippen molar-refractivity contribution in [2.24, 2.45) is 17.8 Å². The molecule has 0 aromatic heterocycles. The molecular formula is C14H26N2O3. The SMILES string of the molecule is CC(C)OCC(=O)NCCNC(=O)C1CC1C(C)C. The monoisotopic (exact) mass is 270 g/mol. The molecule has 0 heterocycles. The van der Waals surface area contributed by atoms with Crippen LogP contribution < -0.4 is 10.6 Å². The van der Waals surface area contributed by atoms with Gasteiger partial charge in [-0.2, -0.15) is 0 Å². The summed E-state index contributed by atoms with van der Waals surface area (Å²) in [7, 11) is 0. The van der Waals surface area contributed by atoms with Crippen molar-refractivity contribution in [2.75, 3.05) is 19.7 Å². The van der Waals surface area contributed by atoms with Gasteiger partial charge in [-0.15, -0.1) is 0 Å². The lowest BCUT2D eigenvalue weighted by molar-refractivity contribution is -0.127. The highest BCUT2D eigenvalue weighted by Crippen LogP contribution is 2.43. The zero-order valence-electron chi connectivity index (χ0n) is 12.4. The molecule has 0 aromatic carbocycles. The van der Waals surface area contributed by atoms with Crippen LogP contribution in [0.2, 0.25) is 0 Å². The molecule has 1 saturated carbocycles. The number of nitrogens with one attached hydrogen (secondary N) is 2. The zero-order valence-corrected chi connectivity index (χ0v) is 12.4. The standard InChI is InChI=1S/C14H26N2O3/c1-9(2)11-7-12(11)14(18)16-6-5-15-13(17)8-19-10(3)4/h9-12H,5-8H2,1-4H3,(H,15,17)(H,16,18). The summed E-state index contributed by atoms with van der Waals surface area (Å²) in [6.07, 6.45) is 1.05. The van der Waals surface area contributed by atoms with Crippen LogP contribution in [0.15, 0.2) is 0 Å². The second-order valence-electron chi connectivity index (χ2n) is 5.75. The van der Waals surface area contributed by atoms with Crippen LogP contribution in [0.3, 0.4) is 0 Å². The first kappa shape index (κ1) is 16.0. The summed E-state index contributed by atoms with van der Waals surface area (Å²) in [5.41, 5.74) is 0. The Morgan fingerprint density at radius 1 is 1.16 bits per heavy atom. The molecule has 2 amide bonds. The third kappa shape index (κ3) is 6.05. The molecular weight excluding hydrogens is 244 g/mol. The molecule has 1 rings (SSSR count). The van der Waals surface area contributed by atoms with Gasteiger partial charge in [0.05, 0.1) is 6.10 Å². The van der Waals surface area contributed by atoms with Crippen LogP contribution in [0, 0.1) is 17.8 Å². The zero-order chi connectivity index (χ0) is 14.4. The Hall–Kier alpha value is -1.10. The highest BCUT2D eigenvalue weighted by atomic mass is 16.5. The predicted molar refractivity (Wildman–Crippen MR) is 73.5 cm³/mol. The van der Waals surface area contributed by atoms with Gasteiger partial charge >= 0.3 is 0 Å². The second-order valence-corrected chi connectivity index (χ2v) is 5.75. The molecule has 1 aliphatic carbocycles. The van der Waals surface area contributed by atoms with Crippen molar-refractivity contribution in [1.82, 2.24) is 10.6 Å². The number of ether oxygens (including phenoxy) is 1. The number of amides is 2. The van der Waals surface area contributed by atoms with Crippen molar-refractivity contribution in [3.8, 4) is 0 Å². The van der Waals surface area contributed by atoms with Gasteiger partial charge in [-0.25, -0.2) is 0 Å². The largest absolute Gasteiger partial charge is 0.369 e. The van der Waals surface area contributed by atoms with Gasteiger partial charge in [0.1, 0.15) is 6.61 Å². The fourth-order valence-corrected chi connectivity index (χ4v) is 2.07. The molecule has 1 fully saturated rings. The smallest absolute Gasteiger partial charge is 0.246 e. The normalized spacial score (nSPS) is 21.6. The van der Waals surface area contributed by atoms with Gasteiger partial charge in [-0.05, 0) is 32.1 Å². The molecule has 19 heavy (non-hydrogen) atoms. The summed E-state index contributed by atoms with van der Waals surface area (Å²) in [5, 5.41) is 5.56. The first-order chi connectivity index (χ1) is 8.91. The minimum absolute atomic E-state index is 0.0493. The van der Waals surface area contributed by atoms with Crippen molar-refractivity contribution >= 4 is 11.8 Å². The first-order valence-electron chi connectivity index (χ1n) is 7.07. The molecule has 0 aliphatic heterocycles. The fourth-order valence-electron chi connectivity index (χ4n) is 2.07. The third-order valence-electron chi connectivity index (χ3n) is 3.33. The Balaban J connectivity index is 2.02. The lowest BCUT2D eigenvalue weighted by Crippen LogP contribution is -2.37. The Bertz CT molecular complexity index is 316. The second kappa shape index (κ2) is 7.48. The summed E-state index contributed by atoms with van der Waals surface area (Å²) >= 11 is 0. The topological polar surface area (TPSA) is 67.4 Å². The minimum atomic E-state index is -0.144. The van der Waals surface area contributed by atoms with Crippen molar-refractivity contribution in [1.29, 1.82) is 0 Å². The van der Waals surface area contributed by atoms with Crippen LogP contribution >= 0.6 is 0 Å². The first-order valence-corrected chi connectivity index (χ1v) is 7.07. The lowest BCUT2D eigenvalue weighted by Gasteiger charge is -2.09. The van der Waals surface area contributed by atoms with Gasteiger partial charge in [0.2, 0.25) is 11.8 Å². The molecule has 5 nitrogen and oxygen atoms in total.